The topological polar surface area (TPSA) is 101 Å². The fourth-order valence-electron chi connectivity index (χ4n) is 1.17. The lowest BCUT2D eigenvalue weighted by molar-refractivity contribution is -0.153. The summed E-state index contributed by atoms with van der Waals surface area (Å²) in [6, 6.07) is 0. The Morgan fingerprint density at radius 3 is 2.17 bits per heavy atom. The van der Waals surface area contributed by atoms with E-state index < -0.39 is 35.8 Å². The van der Waals surface area contributed by atoms with Crippen molar-refractivity contribution in [3.05, 3.63) is 12.2 Å². The first kappa shape index (κ1) is 16.1. The standard InChI is InChI=1S/C12H18O6/c1-7(2)4-5-18-12(17)9(6-10(13)14)8(3)11(15)16/h7,9H,3-6H2,1-2H3,(H,13,14)(H,15,16). The predicted molar refractivity (Wildman–Crippen MR) is 62.9 cm³/mol. The summed E-state index contributed by atoms with van der Waals surface area (Å²) in [7, 11) is 0. The molecule has 0 aliphatic heterocycles. The van der Waals surface area contributed by atoms with Gasteiger partial charge in [0.05, 0.1) is 18.9 Å². The van der Waals surface area contributed by atoms with Crippen molar-refractivity contribution in [2.75, 3.05) is 6.61 Å². The molecule has 0 spiro atoms. The van der Waals surface area contributed by atoms with Crippen LogP contribution in [0.2, 0.25) is 0 Å². The van der Waals surface area contributed by atoms with E-state index in [0.717, 1.165) is 0 Å². The molecule has 0 saturated heterocycles. The minimum atomic E-state index is -1.40. The fraction of sp³-hybridized carbons (Fsp3) is 0.583. The summed E-state index contributed by atoms with van der Waals surface area (Å²) in [6.45, 7) is 7.23. The first-order valence-corrected chi connectivity index (χ1v) is 5.56. The maximum Gasteiger partial charge on any atom is 0.331 e. The van der Waals surface area contributed by atoms with Crippen LogP contribution in [0.25, 0.3) is 0 Å². The summed E-state index contributed by atoms with van der Waals surface area (Å²) in [5, 5.41) is 17.4. The SMILES string of the molecule is C=C(C(=O)O)C(CC(=O)O)C(=O)OCCC(C)C. The van der Waals surface area contributed by atoms with Crippen LogP contribution < -0.4 is 0 Å². The molecule has 1 unspecified atom stereocenters. The van der Waals surface area contributed by atoms with Crippen LogP contribution in [0.15, 0.2) is 12.2 Å². The summed E-state index contributed by atoms with van der Waals surface area (Å²) in [5.74, 6) is -4.54. The Labute approximate surface area is 105 Å². The zero-order valence-corrected chi connectivity index (χ0v) is 10.5. The molecule has 0 saturated carbocycles. The predicted octanol–water partition coefficient (Wildman–Crippen LogP) is 1.31. The molecule has 102 valence electrons. The van der Waals surface area contributed by atoms with Gasteiger partial charge >= 0.3 is 17.9 Å². The summed E-state index contributed by atoms with van der Waals surface area (Å²) < 4.78 is 4.86. The van der Waals surface area contributed by atoms with E-state index in [4.69, 9.17) is 14.9 Å². The van der Waals surface area contributed by atoms with Gasteiger partial charge in [-0.1, -0.05) is 20.4 Å². The van der Waals surface area contributed by atoms with E-state index >= 15 is 0 Å². The van der Waals surface area contributed by atoms with Gasteiger partial charge in [-0.15, -0.1) is 0 Å². The third kappa shape index (κ3) is 6.03. The number of carbonyl (C=O) groups is 3. The number of aliphatic carboxylic acids is 2. The normalized spacial score (nSPS) is 11.9. The second-order valence-electron chi connectivity index (χ2n) is 4.33. The van der Waals surface area contributed by atoms with Gasteiger partial charge in [0.2, 0.25) is 0 Å². The molecule has 0 fully saturated rings. The van der Waals surface area contributed by atoms with Crippen molar-refractivity contribution in [1.82, 2.24) is 0 Å². The highest BCUT2D eigenvalue weighted by molar-refractivity contribution is 5.95. The van der Waals surface area contributed by atoms with Crippen LogP contribution in [-0.2, 0) is 19.1 Å². The van der Waals surface area contributed by atoms with Gasteiger partial charge in [-0.25, -0.2) is 4.79 Å². The molecule has 6 nitrogen and oxygen atoms in total. The molecule has 0 rings (SSSR count). The Morgan fingerprint density at radius 2 is 1.78 bits per heavy atom. The van der Waals surface area contributed by atoms with Gasteiger partial charge in [-0.3, -0.25) is 9.59 Å². The zero-order chi connectivity index (χ0) is 14.3. The second-order valence-corrected chi connectivity index (χ2v) is 4.33. The quantitative estimate of drug-likeness (QED) is 0.503. The van der Waals surface area contributed by atoms with Crippen LogP contribution in [-0.4, -0.2) is 34.7 Å². The van der Waals surface area contributed by atoms with Crippen molar-refractivity contribution in [2.24, 2.45) is 11.8 Å². The van der Waals surface area contributed by atoms with E-state index in [9.17, 15) is 14.4 Å². The molecule has 6 heteroatoms. The first-order valence-electron chi connectivity index (χ1n) is 5.56. The number of carboxylic acid groups (broad SMARTS) is 2. The number of hydrogen-bond acceptors (Lipinski definition) is 4. The Balaban J connectivity index is 4.55. The second kappa shape index (κ2) is 7.47. The number of carbonyl (C=O) groups excluding carboxylic acids is 1. The molecular weight excluding hydrogens is 240 g/mol. The molecule has 18 heavy (non-hydrogen) atoms. The van der Waals surface area contributed by atoms with Crippen LogP contribution in [0.3, 0.4) is 0 Å². The minimum absolute atomic E-state index is 0.138. The van der Waals surface area contributed by atoms with Crippen LogP contribution in [0.4, 0.5) is 0 Å². The van der Waals surface area contributed by atoms with Gasteiger partial charge in [0.25, 0.3) is 0 Å². The number of esters is 1. The number of rotatable bonds is 8. The van der Waals surface area contributed by atoms with E-state index in [0.29, 0.717) is 12.3 Å². The van der Waals surface area contributed by atoms with Crippen molar-refractivity contribution in [3.63, 3.8) is 0 Å². The zero-order valence-electron chi connectivity index (χ0n) is 10.5. The van der Waals surface area contributed by atoms with Gasteiger partial charge in [0.15, 0.2) is 0 Å². The van der Waals surface area contributed by atoms with Crippen LogP contribution in [0.1, 0.15) is 26.7 Å². The van der Waals surface area contributed by atoms with E-state index in [1.807, 2.05) is 13.8 Å². The Hall–Kier alpha value is -1.85. The lowest BCUT2D eigenvalue weighted by atomic mass is 9.97. The van der Waals surface area contributed by atoms with E-state index in [1.54, 1.807) is 0 Å². The van der Waals surface area contributed by atoms with E-state index in [1.165, 1.54) is 0 Å². The third-order valence-electron chi connectivity index (χ3n) is 2.30. The Kier molecular flexibility index (Phi) is 6.70. The molecule has 1 atom stereocenters. The van der Waals surface area contributed by atoms with Gasteiger partial charge in [-0.05, 0) is 12.3 Å². The van der Waals surface area contributed by atoms with Crippen molar-refractivity contribution in [2.45, 2.75) is 26.7 Å². The lowest BCUT2D eigenvalue weighted by Gasteiger charge is -2.14. The third-order valence-corrected chi connectivity index (χ3v) is 2.30. The van der Waals surface area contributed by atoms with Crippen LogP contribution >= 0.6 is 0 Å². The minimum Gasteiger partial charge on any atom is -0.481 e. The number of carboxylic acids is 2. The highest BCUT2D eigenvalue weighted by atomic mass is 16.5. The largest absolute Gasteiger partial charge is 0.481 e. The van der Waals surface area contributed by atoms with Crippen molar-refractivity contribution >= 4 is 17.9 Å². The Morgan fingerprint density at radius 1 is 1.22 bits per heavy atom. The molecule has 0 aliphatic carbocycles. The van der Waals surface area contributed by atoms with Gasteiger partial charge in [0, 0.05) is 5.57 Å². The number of hydrogen-bond donors (Lipinski definition) is 2. The molecule has 0 aromatic carbocycles. The molecule has 0 amide bonds. The summed E-state index contributed by atoms with van der Waals surface area (Å²) >= 11 is 0. The molecule has 2 N–H and O–H groups in total. The summed E-state index contributed by atoms with van der Waals surface area (Å²) in [6.07, 6.45) is -0.00325. The summed E-state index contributed by atoms with van der Waals surface area (Å²) in [5.41, 5.74) is -0.466. The molecule has 0 aromatic rings. The molecule has 0 aliphatic rings. The summed E-state index contributed by atoms with van der Waals surface area (Å²) in [4.78, 5) is 32.9. The average Bonchev–Trinajstić information content (AvgIpc) is 2.23. The monoisotopic (exact) mass is 258 g/mol. The average molecular weight is 258 g/mol. The molecule has 0 aromatic heterocycles. The molecule has 0 bridgehead atoms. The number of ether oxygens (including phenoxy) is 1. The molecule has 0 radical (unpaired) electrons. The highest BCUT2D eigenvalue weighted by Crippen LogP contribution is 2.16. The van der Waals surface area contributed by atoms with Gasteiger partial charge in [0.1, 0.15) is 0 Å². The lowest BCUT2D eigenvalue weighted by Crippen LogP contribution is -2.26. The van der Waals surface area contributed by atoms with Crippen LogP contribution in [0.5, 0.6) is 0 Å². The first-order chi connectivity index (χ1) is 8.25. The Bertz CT molecular complexity index is 344. The van der Waals surface area contributed by atoms with Crippen LogP contribution in [0, 0.1) is 11.8 Å². The van der Waals surface area contributed by atoms with Gasteiger partial charge in [-0.2, -0.15) is 0 Å². The van der Waals surface area contributed by atoms with Crippen molar-refractivity contribution in [1.29, 1.82) is 0 Å². The van der Waals surface area contributed by atoms with Gasteiger partial charge < -0.3 is 14.9 Å². The molecule has 0 heterocycles. The smallest absolute Gasteiger partial charge is 0.331 e. The van der Waals surface area contributed by atoms with E-state index in [-0.39, 0.29) is 6.61 Å². The van der Waals surface area contributed by atoms with E-state index in [2.05, 4.69) is 6.58 Å². The maximum absolute atomic E-state index is 11.6. The van der Waals surface area contributed by atoms with Crippen molar-refractivity contribution in [3.8, 4) is 0 Å². The fourth-order valence-corrected chi connectivity index (χ4v) is 1.17. The highest BCUT2D eigenvalue weighted by Gasteiger charge is 2.29. The maximum atomic E-state index is 11.6. The van der Waals surface area contributed by atoms with Crippen molar-refractivity contribution < 1.29 is 29.3 Å². The molecular formula is C12H18O6.